The molecule has 2 heterocycles. The zero-order valence-electron chi connectivity index (χ0n) is 14.2. The molecule has 26 heavy (non-hydrogen) atoms. The van der Waals surface area contributed by atoms with Crippen molar-refractivity contribution in [1.29, 1.82) is 0 Å². The minimum Gasteiger partial charge on any atom is -0.462 e. The molecule has 0 saturated heterocycles. The summed E-state index contributed by atoms with van der Waals surface area (Å²) < 4.78 is 18.5. The van der Waals surface area contributed by atoms with Crippen molar-refractivity contribution in [2.45, 2.75) is 13.8 Å². The minimum atomic E-state index is -0.516. The Morgan fingerprint density at radius 1 is 1.19 bits per heavy atom. The second kappa shape index (κ2) is 7.80. The van der Waals surface area contributed by atoms with Crippen LogP contribution in [0.15, 0.2) is 41.8 Å². The number of ether oxygens (including phenoxy) is 1. The Labute approximate surface area is 158 Å². The van der Waals surface area contributed by atoms with Gasteiger partial charge in [-0.15, -0.1) is 22.7 Å². The second-order valence-electron chi connectivity index (χ2n) is 5.40. The Kier molecular flexibility index (Phi) is 5.49. The lowest BCUT2D eigenvalue weighted by Gasteiger charge is -2.09. The Bertz CT molecular complexity index is 931. The summed E-state index contributed by atoms with van der Waals surface area (Å²) in [7, 11) is 0. The number of aryl methyl sites for hydroxylation is 1. The molecule has 0 fully saturated rings. The van der Waals surface area contributed by atoms with E-state index in [2.05, 4.69) is 5.32 Å². The number of amides is 1. The molecule has 2 aromatic heterocycles. The maximum Gasteiger partial charge on any atom is 0.341 e. The molecule has 0 aliphatic rings. The fourth-order valence-electron chi connectivity index (χ4n) is 2.57. The number of rotatable bonds is 5. The number of hydrogen-bond donors (Lipinski definition) is 1. The van der Waals surface area contributed by atoms with Gasteiger partial charge < -0.3 is 10.1 Å². The van der Waals surface area contributed by atoms with Crippen LogP contribution in [-0.2, 0) is 4.74 Å². The molecule has 3 rings (SSSR count). The predicted octanol–water partition coefficient (Wildman–Crippen LogP) is 5.35. The first-order valence-electron chi connectivity index (χ1n) is 7.92. The lowest BCUT2D eigenvalue weighted by molar-refractivity contribution is 0.0529. The van der Waals surface area contributed by atoms with Crippen LogP contribution in [-0.4, -0.2) is 18.5 Å². The molecular formula is C19H16FNO3S2. The molecule has 1 aromatic carbocycles. The third-order valence-electron chi connectivity index (χ3n) is 3.67. The van der Waals surface area contributed by atoms with Gasteiger partial charge in [0.2, 0.25) is 0 Å². The minimum absolute atomic E-state index is 0.217. The topological polar surface area (TPSA) is 55.4 Å². The average molecular weight is 389 g/mol. The monoisotopic (exact) mass is 389 g/mol. The molecule has 0 aliphatic heterocycles. The maximum absolute atomic E-state index is 13.3. The third kappa shape index (κ3) is 3.68. The molecule has 0 bridgehead atoms. The number of benzene rings is 1. The summed E-state index contributed by atoms with van der Waals surface area (Å²) in [6.07, 6.45) is 0. The van der Waals surface area contributed by atoms with Crippen molar-refractivity contribution in [1.82, 2.24) is 0 Å². The second-order valence-corrected chi connectivity index (χ2v) is 7.57. The van der Waals surface area contributed by atoms with E-state index in [4.69, 9.17) is 4.74 Å². The van der Waals surface area contributed by atoms with Crippen molar-refractivity contribution >= 4 is 39.6 Å². The molecule has 4 nitrogen and oxygen atoms in total. The van der Waals surface area contributed by atoms with Gasteiger partial charge in [0.15, 0.2) is 0 Å². The van der Waals surface area contributed by atoms with Gasteiger partial charge in [0.05, 0.1) is 11.5 Å². The van der Waals surface area contributed by atoms with Gasteiger partial charge in [0.1, 0.15) is 16.4 Å². The fourth-order valence-corrected chi connectivity index (χ4v) is 4.25. The van der Waals surface area contributed by atoms with E-state index in [0.29, 0.717) is 26.6 Å². The van der Waals surface area contributed by atoms with Crippen LogP contribution in [0.2, 0.25) is 0 Å². The largest absolute Gasteiger partial charge is 0.462 e. The maximum atomic E-state index is 13.3. The Morgan fingerprint density at radius 2 is 1.92 bits per heavy atom. The first kappa shape index (κ1) is 18.3. The highest BCUT2D eigenvalue weighted by molar-refractivity contribution is 7.17. The Balaban J connectivity index is 2.06. The Hall–Kier alpha value is -2.51. The summed E-state index contributed by atoms with van der Waals surface area (Å²) in [4.78, 5) is 26.4. The van der Waals surface area contributed by atoms with E-state index in [1.165, 1.54) is 34.8 Å². The van der Waals surface area contributed by atoms with Crippen molar-refractivity contribution in [3.05, 3.63) is 62.9 Å². The quantitative estimate of drug-likeness (QED) is 0.598. The molecule has 0 aliphatic carbocycles. The summed E-state index contributed by atoms with van der Waals surface area (Å²) >= 11 is 2.62. The summed E-state index contributed by atoms with van der Waals surface area (Å²) in [5, 5.41) is 5.05. The van der Waals surface area contributed by atoms with Crippen molar-refractivity contribution < 1.29 is 18.7 Å². The number of hydrogen-bond acceptors (Lipinski definition) is 5. The Morgan fingerprint density at radius 3 is 2.54 bits per heavy atom. The van der Waals surface area contributed by atoms with Crippen molar-refractivity contribution in [3.63, 3.8) is 0 Å². The molecular weight excluding hydrogens is 373 g/mol. The van der Waals surface area contributed by atoms with Gasteiger partial charge >= 0.3 is 5.97 Å². The van der Waals surface area contributed by atoms with Gasteiger partial charge in [-0.05, 0) is 43.0 Å². The SMILES string of the molecule is CCOC(=O)c1c(NC(=O)c2cccs2)sc(C)c1-c1ccc(F)cc1. The highest BCUT2D eigenvalue weighted by atomic mass is 32.1. The van der Waals surface area contributed by atoms with E-state index in [0.717, 1.165) is 4.88 Å². The average Bonchev–Trinajstić information content (AvgIpc) is 3.24. The molecule has 1 amide bonds. The van der Waals surface area contributed by atoms with Gasteiger partial charge in [-0.3, -0.25) is 4.79 Å². The summed E-state index contributed by atoms with van der Waals surface area (Å²) in [6.45, 7) is 3.79. The third-order valence-corrected chi connectivity index (χ3v) is 5.56. The van der Waals surface area contributed by atoms with Crippen molar-refractivity contribution in [2.24, 2.45) is 0 Å². The number of esters is 1. The van der Waals surface area contributed by atoms with E-state index in [1.54, 1.807) is 31.2 Å². The summed E-state index contributed by atoms with van der Waals surface area (Å²) in [5.74, 6) is -1.15. The zero-order valence-corrected chi connectivity index (χ0v) is 15.8. The van der Waals surface area contributed by atoms with Crippen LogP contribution in [0.1, 0.15) is 31.8 Å². The van der Waals surface area contributed by atoms with Crippen LogP contribution < -0.4 is 5.32 Å². The van der Waals surface area contributed by atoms with Crippen LogP contribution in [0.25, 0.3) is 11.1 Å². The molecule has 0 saturated carbocycles. The first-order chi connectivity index (χ1) is 12.5. The standard InChI is InChI=1S/C19H16FNO3S2/c1-3-24-19(23)16-15(12-6-8-13(20)9-7-12)11(2)26-18(16)21-17(22)14-5-4-10-25-14/h4-10H,3H2,1-2H3,(H,21,22). The number of nitrogens with one attached hydrogen (secondary N) is 1. The number of carbonyl (C=O) groups excluding carboxylic acids is 2. The molecule has 0 unspecified atom stereocenters. The first-order valence-corrected chi connectivity index (χ1v) is 9.62. The molecule has 1 N–H and O–H groups in total. The van der Waals surface area contributed by atoms with Crippen LogP contribution in [0.5, 0.6) is 0 Å². The van der Waals surface area contributed by atoms with E-state index in [1.807, 2.05) is 12.3 Å². The van der Waals surface area contributed by atoms with Gasteiger partial charge in [-0.2, -0.15) is 0 Å². The van der Waals surface area contributed by atoms with E-state index >= 15 is 0 Å². The molecule has 0 spiro atoms. The zero-order chi connectivity index (χ0) is 18.7. The number of halogens is 1. The van der Waals surface area contributed by atoms with Crippen molar-refractivity contribution in [2.75, 3.05) is 11.9 Å². The molecule has 7 heteroatoms. The molecule has 134 valence electrons. The smallest absolute Gasteiger partial charge is 0.341 e. The van der Waals surface area contributed by atoms with Crippen LogP contribution in [0.3, 0.4) is 0 Å². The van der Waals surface area contributed by atoms with Crippen LogP contribution >= 0.6 is 22.7 Å². The lowest BCUT2D eigenvalue weighted by Crippen LogP contribution is -2.13. The van der Waals surface area contributed by atoms with E-state index in [9.17, 15) is 14.0 Å². The molecule has 0 atom stereocenters. The highest BCUT2D eigenvalue weighted by Gasteiger charge is 2.25. The van der Waals surface area contributed by atoms with Gasteiger partial charge in [0, 0.05) is 10.4 Å². The van der Waals surface area contributed by atoms with Crippen LogP contribution in [0, 0.1) is 12.7 Å². The normalized spacial score (nSPS) is 10.6. The molecule has 0 radical (unpaired) electrons. The van der Waals surface area contributed by atoms with Gasteiger partial charge in [-0.1, -0.05) is 18.2 Å². The van der Waals surface area contributed by atoms with Gasteiger partial charge in [-0.25, -0.2) is 9.18 Å². The van der Waals surface area contributed by atoms with E-state index < -0.39 is 5.97 Å². The number of thiophene rings is 2. The summed E-state index contributed by atoms with van der Waals surface area (Å²) in [5.41, 5.74) is 1.64. The molecule has 3 aromatic rings. The lowest BCUT2D eigenvalue weighted by atomic mass is 10.0. The number of anilines is 1. The van der Waals surface area contributed by atoms with Gasteiger partial charge in [0.25, 0.3) is 5.91 Å². The number of carbonyl (C=O) groups is 2. The summed E-state index contributed by atoms with van der Waals surface area (Å²) in [6, 6.07) is 9.40. The van der Waals surface area contributed by atoms with Crippen molar-refractivity contribution in [3.8, 4) is 11.1 Å². The fraction of sp³-hybridized carbons (Fsp3) is 0.158. The van der Waals surface area contributed by atoms with E-state index in [-0.39, 0.29) is 18.3 Å². The highest BCUT2D eigenvalue weighted by Crippen LogP contribution is 2.40. The predicted molar refractivity (Wildman–Crippen MR) is 103 cm³/mol. The van der Waals surface area contributed by atoms with Crippen LogP contribution in [0.4, 0.5) is 9.39 Å².